The van der Waals surface area contributed by atoms with Gasteiger partial charge in [0.1, 0.15) is 5.75 Å². The van der Waals surface area contributed by atoms with Gasteiger partial charge in [0, 0.05) is 68.4 Å². The number of anilines is 1. The summed E-state index contributed by atoms with van der Waals surface area (Å²) in [6.45, 7) is 8.48. The molecule has 2 aromatic rings. The maximum absolute atomic E-state index is 13.0. The molecule has 5 rings (SSSR count). The Kier molecular flexibility index (Phi) is 7.02. The standard InChI is InChI=1S/C27H31F3N4O3/c1-2-32-10-12-33(13-11-32)20-8-6-19(7-9-20)26(36)34-16-22-23(17-34)25(22)31-24(35)15-18-4-3-5-21(14-18)37-27(28,29)30/h3-9,14,22-23,25H,2,10-13,15-17H2,1H3,(H,31,35)/t22-,23+,25?. The average molecular weight is 517 g/mol. The second kappa shape index (κ2) is 10.2. The third-order valence-corrected chi connectivity index (χ3v) is 7.60. The molecule has 3 aliphatic rings. The molecule has 2 heterocycles. The predicted octanol–water partition coefficient (Wildman–Crippen LogP) is 3.16. The second-order valence-corrected chi connectivity index (χ2v) is 9.97. The molecule has 1 N–H and O–H groups in total. The lowest BCUT2D eigenvalue weighted by Gasteiger charge is -2.35. The van der Waals surface area contributed by atoms with E-state index in [1.165, 1.54) is 18.2 Å². The molecule has 37 heavy (non-hydrogen) atoms. The maximum Gasteiger partial charge on any atom is 0.573 e. The second-order valence-electron chi connectivity index (χ2n) is 9.97. The predicted molar refractivity (Wildman–Crippen MR) is 132 cm³/mol. The highest BCUT2D eigenvalue weighted by atomic mass is 19.4. The van der Waals surface area contributed by atoms with E-state index in [-0.39, 0.29) is 41.9 Å². The number of likely N-dealkylation sites (tertiary alicyclic amines) is 1. The number of halogens is 3. The number of likely N-dealkylation sites (N-methyl/N-ethyl adjacent to an activating group) is 1. The number of carbonyl (C=O) groups is 2. The molecule has 0 bridgehead atoms. The van der Waals surface area contributed by atoms with Gasteiger partial charge in [-0.3, -0.25) is 9.59 Å². The number of alkyl halides is 3. The van der Waals surface area contributed by atoms with E-state index in [1.807, 2.05) is 29.2 Å². The van der Waals surface area contributed by atoms with Crippen molar-refractivity contribution < 1.29 is 27.5 Å². The topological polar surface area (TPSA) is 65.1 Å². The zero-order valence-corrected chi connectivity index (χ0v) is 20.7. The number of piperazine rings is 1. The van der Waals surface area contributed by atoms with Gasteiger partial charge in [0.05, 0.1) is 6.42 Å². The van der Waals surface area contributed by atoms with E-state index in [1.54, 1.807) is 6.07 Å². The monoisotopic (exact) mass is 516 g/mol. The van der Waals surface area contributed by atoms with Crippen molar-refractivity contribution in [1.29, 1.82) is 0 Å². The smallest absolute Gasteiger partial charge is 0.406 e. The Balaban J connectivity index is 1.08. The number of piperidine rings is 1. The molecule has 198 valence electrons. The van der Waals surface area contributed by atoms with Gasteiger partial charge >= 0.3 is 6.36 Å². The maximum atomic E-state index is 13.0. The van der Waals surface area contributed by atoms with E-state index < -0.39 is 6.36 Å². The highest BCUT2D eigenvalue weighted by molar-refractivity contribution is 5.95. The van der Waals surface area contributed by atoms with Gasteiger partial charge in [0.25, 0.3) is 5.91 Å². The number of benzene rings is 2. The Bertz CT molecular complexity index is 1120. The van der Waals surface area contributed by atoms with Crippen LogP contribution in [-0.4, -0.2) is 79.8 Å². The SMILES string of the molecule is CCN1CCN(c2ccc(C(=O)N3C[C@@H]4C(NC(=O)Cc5cccc(OC(F)(F)F)c5)[C@@H]4C3)cc2)CC1. The minimum absolute atomic E-state index is 0.00103. The summed E-state index contributed by atoms with van der Waals surface area (Å²) < 4.78 is 41.2. The van der Waals surface area contributed by atoms with Crippen molar-refractivity contribution in [2.45, 2.75) is 25.7 Å². The van der Waals surface area contributed by atoms with Gasteiger partial charge in [-0.25, -0.2) is 0 Å². The Morgan fingerprint density at radius 1 is 1.00 bits per heavy atom. The van der Waals surface area contributed by atoms with E-state index in [0.29, 0.717) is 24.2 Å². The van der Waals surface area contributed by atoms with Crippen LogP contribution in [0.15, 0.2) is 48.5 Å². The van der Waals surface area contributed by atoms with Crippen LogP contribution in [0.5, 0.6) is 5.75 Å². The van der Waals surface area contributed by atoms with E-state index in [2.05, 4.69) is 26.8 Å². The van der Waals surface area contributed by atoms with Gasteiger partial charge in [-0.05, 0) is 48.5 Å². The summed E-state index contributed by atoms with van der Waals surface area (Å²) in [7, 11) is 0. The van der Waals surface area contributed by atoms with Crippen LogP contribution in [0.25, 0.3) is 0 Å². The molecule has 2 amide bonds. The average Bonchev–Trinajstić information content (AvgIpc) is 3.29. The van der Waals surface area contributed by atoms with Crippen molar-refractivity contribution >= 4 is 17.5 Å². The first-order valence-corrected chi connectivity index (χ1v) is 12.7. The first-order chi connectivity index (χ1) is 17.7. The Morgan fingerprint density at radius 3 is 2.30 bits per heavy atom. The van der Waals surface area contributed by atoms with Crippen LogP contribution in [0.1, 0.15) is 22.8 Å². The number of hydrogen-bond donors (Lipinski definition) is 1. The van der Waals surface area contributed by atoms with Crippen LogP contribution in [0.3, 0.4) is 0 Å². The Labute approximate surface area is 214 Å². The summed E-state index contributed by atoms with van der Waals surface area (Å²) in [5.74, 6) is -0.177. The fraction of sp³-hybridized carbons (Fsp3) is 0.481. The molecule has 3 atom stereocenters. The number of nitrogens with one attached hydrogen (secondary N) is 1. The lowest BCUT2D eigenvalue weighted by atomic mass is 10.1. The molecule has 1 saturated carbocycles. The minimum atomic E-state index is -4.78. The lowest BCUT2D eigenvalue weighted by molar-refractivity contribution is -0.274. The number of fused-ring (bicyclic) bond motifs is 1. The molecular formula is C27H31F3N4O3. The van der Waals surface area contributed by atoms with Crippen LogP contribution in [0, 0.1) is 11.8 Å². The zero-order valence-electron chi connectivity index (χ0n) is 20.7. The van der Waals surface area contributed by atoms with Crippen LogP contribution in [-0.2, 0) is 11.2 Å². The molecule has 2 saturated heterocycles. The molecule has 0 radical (unpaired) electrons. The molecule has 0 spiro atoms. The molecular weight excluding hydrogens is 485 g/mol. The van der Waals surface area contributed by atoms with Crippen molar-refractivity contribution in [2.75, 3.05) is 50.7 Å². The molecule has 10 heteroatoms. The van der Waals surface area contributed by atoms with Crippen LogP contribution in [0.2, 0.25) is 0 Å². The molecule has 7 nitrogen and oxygen atoms in total. The number of carbonyl (C=O) groups excluding carboxylic acids is 2. The summed E-state index contributed by atoms with van der Waals surface area (Å²) in [5, 5.41) is 2.97. The van der Waals surface area contributed by atoms with Gasteiger partial charge in [-0.1, -0.05) is 19.1 Å². The number of amides is 2. The third-order valence-electron chi connectivity index (χ3n) is 7.60. The van der Waals surface area contributed by atoms with E-state index in [4.69, 9.17) is 0 Å². The largest absolute Gasteiger partial charge is 0.573 e. The van der Waals surface area contributed by atoms with Gasteiger partial charge in [-0.2, -0.15) is 0 Å². The molecule has 1 aliphatic carbocycles. The molecule has 0 aromatic heterocycles. The van der Waals surface area contributed by atoms with Gasteiger partial charge in [0.2, 0.25) is 5.91 Å². The summed E-state index contributed by atoms with van der Waals surface area (Å²) in [6, 6.07) is 13.3. The van der Waals surface area contributed by atoms with E-state index in [9.17, 15) is 22.8 Å². The van der Waals surface area contributed by atoms with Gasteiger partial charge < -0.3 is 24.8 Å². The van der Waals surface area contributed by atoms with Crippen molar-refractivity contribution in [3.63, 3.8) is 0 Å². The summed E-state index contributed by atoms with van der Waals surface area (Å²) in [4.78, 5) is 32.1. The highest BCUT2D eigenvalue weighted by Gasteiger charge is 2.57. The van der Waals surface area contributed by atoms with Crippen LogP contribution < -0.4 is 15.0 Å². The van der Waals surface area contributed by atoms with E-state index in [0.717, 1.165) is 38.4 Å². The normalized spacial score (nSPS) is 23.5. The fourth-order valence-corrected chi connectivity index (χ4v) is 5.50. The zero-order chi connectivity index (χ0) is 26.2. The highest BCUT2D eigenvalue weighted by Crippen LogP contribution is 2.46. The molecule has 3 fully saturated rings. The molecule has 2 aromatic carbocycles. The van der Waals surface area contributed by atoms with Crippen LogP contribution in [0.4, 0.5) is 18.9 Å². The van der Waals surface area contributed by atoms with Crippen molar-refractivity contribution in [3.8, 4) is 5.75 Å². The van der Waals surface area contributed by atoms with Crippen molar-refractivity contribution in [3.05, 3.63) is 59.7 Å². The first-order valence-electron chi connectivity index (χ1n) is 12.7. The summed E-state index contributed by atoms with van der Waals surface area (Å²) >= 11 is 0. The third kappa shape index (κ3) is 6.01. The van der Waals surface area contributed by atoms with Gasteiger partial charge in [-0.15, -0.1) is 13.2 Å². The van der Waals surface area contributed by atoms with E-state index >= 15 is 0 Å². The number of ether oxygens (including phenoxy) is 1. The van der Waals surface area contributed by atoms with Crippen LogP contribution >= 0.6 is 0 Å². The number of hydrogen-bond acceptors (Lipinski definition) is 5. The minimum Gasteiger partial charge on any atom is -0.406 e. The molecule has 2 aliphatic heterocycles. The summed E-state index contributed by atoms with van der Waals surface area (Å²) in [5.41, 5.74) is 2.24. The Hall–Kier alpha value is -3.27. The number of rotatable bonds is 7. The first kappa shape index (κ1) is 25.4. The Morgan fingerprint density at radius 2 is 1.68 bits per heavy atom. The van der Waals surface area contributed by atoms with Crippen molar-refractivity contribution in [2.24, 2.45) is 11.8 Å². The van der Waals surface area contributed by atoms with Gasteiger partial charge in [0.15, 0.2) is 0 Å². The quantitative estimate of drug-likeness (QED) is 0.613. The summed E-state index contributed by atoms with van der Waals surface area (Å²) in [6.07, 6.45) is -4.81. The lowest BCUT2D eigenvalue weighted by Crippen LogP contribution is -2.46. The fourth-order valence-electron chi connectivity index (χ4n) is 5.50. The number of nitrogens with zero attached hydrogens (tertiary/aromatic N) is 3. The van der Waals surface area contributed by atoms with Crippen molar-refractivity contribution in [1.82, 2.24) is 15.1 Å². The molecule has 1 unspecified atom stereocenters.